The maximum Gasteiger partial charge on any atom is 0.116 e. The maximum atomic E-state index is 5.01. The van der Waals surface area contributed by atoms with Crippen LogP contribution in [-0.2, 0) is 44.9 Å². The first-order valence-electron chi connectivity index (χ1n) is 43.2. The van der Waals surface area contributed by atoms with Gasteiger partial charge in [0.25, 0.3) is 0 Å². The van der Waals surface area contributed by atoms with Gasteiger partial charge in [0, 0.05) is 58.9 Å². The normalized spacial score (nSPS) is 15.1. The van der Waals surface area contributed by atoms with Gasteiger partial charge in [-0.05, 0) is 303 Å². The molecule has 13 aromatic carbocycles. The lowest BCUT2D eigenvalue weighted by Crippen LogP contribution is -2.24. The van der Waals surface area contributed by atoms with Crippen LogP contribution in [0, 0.1) is 5.92 Å². The Labute approximate surface area is 712 Å². The van der Waals surface area contributed by atoms with E-state index in [1.807, 2.05) is 24.8 Å². The lowest BCUT2D eigenvalue weighted by Gasteiger charge is -2.28. The zero-order chi connectivity index (χ0) is 80.6. The summed E-state index contributed by atoms with van der Waals surface area (Å²) in [5.41, 5.74) is 50.2. The number of benzene rings is 13. The Morgan fingerprint density at radius 3 is 0.992 bits per heavy atom. The zero-order valence-corrected chi connectivity index (χ0v) is 67.7. The van der Waals surface area contributed by atoms with E-state index in [-0.39, 0.29) is 5.92 Å². The summed E-state index contributed by atoms with van der Waals surface area (Å²) in [6.07, 6.45) is 28.7. The second-order valence-electron chi connectivity index (χ2n) is 33.5. The van der Waals surface area contributed by atoms with Gasteiger partial charge < -0.3 is 0 Å². The molecule has 0 bridgehead atoms. The Morgan fingerprint density at radius 2 is 0.590 bits per heavy atom. The Balaban J connectivity index is 0.564. The summed E-state index contributed by atoms with van der Waals surface area (Å²) in [7, 11) is 0. The van der Waals surface area contributed by atoms with Crippen molar-refractivity contribution in [3.8, 4) is 167 Å². The molecule has 0 saturated carbocycles. The molecule has 0 amide bonds. The minimum Gasteiger partial charge on any atom is -0.261 e. The number of pyridine rings is 3. The van der Waals surface area contributed by atoms with Crippen molar-refractivity contribution >= 4 is 11.3 Å². The molecule has 0 fully saturated rings. The largest absolute Gasteiger partial charge is 0.261 e. The van der Waals surface area contributed by atoms with Crippen LogP contribution in [0.4, 0.5) is 0 Å². The van der Waals surface area contributed by atoms with E-state index in [1.165, 1.54) is 161 Å². The lowest BCUT2D eigenvalue weighted by molar-refractivity contribution is 0.611. The number of hydrogen-bond acceptors (Lipinski definition) is 6. The number of allylic oxidation sites excluding steroid dienone is 5. The molecular weight excluding hydrogens is 1480 g/mol. The first-order valence-corrected chi connectivity index (χ1v) is 43.2. The maximum absolute atomic E-state index is 5.01. The summed E-state index contributed by atoms with van der Waals surface area (Å²) in [6.45, 7) is 0. The molecule has 2 atom stereocenters. The lowest BCUT2D eigenvalue weighted by atomic mass is 9.78. The molecule has 0 N–H and O–H groups in total. The van der Waals surface area contributed by atoms with Gasteiger partial charge in [0.05, 0.1) is 34.2 Å². The molecule has 6 aliphatic rings. The number of aromatic nitrogens is 5. The Hall–Kier alpha value is -14.7. The van der Waals surface area contributed by atoms with Gasteiger partial charge in [-0.15, -0.1) is 0 Å². The van der Waals surface area contributed by atoms with Gasteiger partial charge in [-0.2, -0.15) is 0 Å². The zero-order valence-electron chi connectivity index (χ0n) is 67.7. The van der Waals surface area contributed by atoms with Crippen molar-refractivity contribution in [2.24, 2.45) is 10.9 Å². The van der Waals surface area contributed by atoms with Crippen molar-refractivity contribution in [3.05, 3.63) is 433 Å². The second-order valence-corrected chi connectivity index (χ2v) is 33.5. The molecule has 5 heterocycles. The predicted octanol–water partition coefficient (Wildman–Crippen LogP) is 28.4. The molecule has 17 aromatic rings. The summed E-state index contributed by atoms with van der Waals surface area (Å²) in [4.78, 5) is 29.6. The first-order chi connectivity index (χ1) is 60.4. The molecule has 2 unspecified atom stereocenters. The first kappa shape index (κ1) is 72.5. The van der Waals surface area contributed by atoms with E-state index in [0.717, 1.165) is 137 Å². The molecule has 0 saturated heterocycles. The number of aliphatic imine (C=N–C) groups is 1. The van der Waals surface area contributed by atoms with Crippen molar-refractivity contribution < 1.29 is 0 Å². The van der Waals surface area contributed by atoms with Gasteiger partial charge >= 0.3 is 0 Å². The van der Waals surface area contributed by atoms with E-state index < -0.39 is 0 Å². The highest BCUT2D eigenvalue weighted by molar-refractivity contribution is 6.06. The van der Waals surface area contributed by atoms with Crippen LogP contribution in [0.1, 0.15) is 80.9 Å². The van der Waals surface area contributed by atoms with Crippen LogP contribution >= 0.6 is 0 Å². The molecule has 5 aliphatic carbocycles. The fourth-order valence-electron chi connectivity index (χ4n) is 20.4. The van der Waals surface area contributed by atoms with E-state index in [4.69, 9.17) is 29.9 Å². The topological polar surface area (TPSA) is 76.8 Å². The number of nitrogens with zero attached hydrogens (tertiary/aromatic N) is 6. The third-order valence-electron chi connectivity index (χ3n) is 26.5. The van der Waals surface area contributed by atoms with Crippen molar-refractivity contribution in [3.63, 3.8) is 0 Å². The average molecular weight is 1560 g/mol. The van der Waals surface area contributed by atoms with E-state index in [0.29, 0.717) is 5.92 Å². The number of fused-ring (bicyclic) bond motifs is 12. The van der Waals surface area contributed by atoms with Gasteiger partial charge in [-0.1, -0.05) is 285 Å². The Bertz CT molecular complexity index is 7070. The van der Waals surface area contributed by atoms with Crippen molar-refractivity contribution in [1.29, 1.82) is 0 Å². The third kappa shape index (κ3) is 13.3. The Morgan fingerprint density at radius 1 is 0.246 bits per heavy atom. The highest BCUT2D eigenvalue weighted by Gasteiger charge is 2.29. The van der Waals surface area contributed by atoms with Crippen LogP contribution in [0.15, 0.2) is 382 Å². The summed E-state index contributed by atoms with van der Waals surface area (Å²) < 4.78 is 0. The van der Waals surface area contributed by atoms with E-state index in [1.54, 1.807) is 6.33 Å². The minimum atomic E-state index is 0.0517. The van der Waals surface area contributed by atoms with Crippen molar-refractivity contribution in [2.45, 2.75) is 70.1 Å². The molecule has 0 spiro atoms. The standard InChI is InChI=1S/C116H84N6/c1-7-27-101(89-65-91(103-29-9-3-23-97(103)81-49-53-107-85(61-81)45-41-77-17-13-57-117-113(77)107)69-92(66-89)104-30-10-4-24-98(104)82-50-54-108-86(62-82)46-42-78-18-14-58-118-114(78)108)95(21-1)73-33-37-75(38-34-73)111-71-112(122-72-121-111)76-39-35-74(36-40-76)96-22-2-8-28-102(96)90-67-93(105-31-11-5-25-99(105)83-51-55-109-87(63-83)47-43-79-19-15-59-119-115(79)109)70-94(68-90)106-32-12-6-26-100(106)84-52-56-110-88(64-84)48-44-80-20-16-60-120-116(80)110/h1-19,21-39,49-72,76,80H,20,40-48H2. The second kappa shape index (κ2) is 30.9. The molecule has 0 radical (unpaired) electrons. The molecular formula is C116H84N6. The molecule has 23 rings (SSSR count). The predicted molar refractivity (Wildman–Crippen MR) is 502 cm³/mol. The molecule has 1 aliphatic heterocycles. The van der Waals surface area contributed by atoms with Gasteiger partial charge in [0.1, 0.15) is 6.33 Å². The summed E-state index contributed by atoms with van der Waals surface area (Å²) >= 11 is 0. The Kier molecular flexibility index (Phi) is 18.4. The fraction of sp³-hybridized carbons (Fsp3) is 0.103. The van der Waals surface area contributed by atoms with Gasteiger partial charge in [-0.3, -0.25) is 19.9 Å². The van der Waals surface area contributed by atoms with E-state index >= 15 is 0 Å². The van der Waals surface area contributed by atoms with E-state index in [9.17, 15) is 0 Å². The number of rotatable bonds is 14. The molecule has 4 aromatic heterocycles. The SMILES string of the molecule is C1=CN=C2c3ccc(-c4ccccc4-c4cc(-c5ccccc5C5=CCC(c6cc(-c7ccc(-c8ccccc8-c8cc(-c9ccccc9-c9ccc%10c(c9)CCc9cccnc9-%10)cc(-c9ccccc9-c9ccc%10c(c9)CCc9cccnc9-%10)c8)cc7)ncn6)C=C5)cc(-c5ccccc5-c5ccc6c(c5)CCc5cccnc5-6)c4)cc3CCC2C1. The van der Waals surface area contributed by atoms with Crippen LogP contribution in [0.3, 0.4) is 0 Å². The highest BCUT2D eigenvalue weighted by atomic mass is 14.8. The minimum absolute atomic E-state index is 0.0517. The van der Waals surface area contributed by atoms with Crippen LogP contribution in [0.5, 0.6) is 0 Å². The van der Waals surface area contributed by atoms with Crippen LogP contribution < -0.4 is 0 Å². The summed E-state index contributed by atoms with van der Waals surface area (Å²) in [6, 6.07) is 121. The fourth-order valence-corrected chi connectivity index (χ4v) is 20.4. The van der Waals surface area contributed by atoms with Crippen molar-refractivity contribution in [2.75, 3.05) is 0 Å². The third-order valence-corrected chi connectivity index (χ3v) is 26.5. The molecule has 578 valence electrons. The number of aryl methyl sites for hydroxylation is 7. The highest BCUT2D eigenvalue weighted by Crippen LogP contribution is 2.49. The summed E-state index contributed by atoms with van der Waals surface area (Å²) in [5.74, 6) is 0.544. The molecule has 6 heteroatoms. The van der Waals surface area contributed by atoms with Crippen molar-refractivity contribution in [1.82, 2.24) is 24.9 Å². The smallest absolute Gasteiger partial charge is 0.116 e. The monoisotopic (exact) mass is 1560 g/mol. The van der Waals surface area contributed by atoms with E-state index in [2.05, 4.69) is 346 Å². The summed E-state index contributed by atoms with van der Waals surface area (Å²) in [5, 5.41) is 0. The van der Waals surface area contributed by atoms with Gasteiger partial charge in [0.15, 0.2) is 0 Å². The van der Waals surface area contributed by atoms with Crippen LogP contribution in [0.25, 0.3) is 173 Å². The van der Waals surface area contributed by atoms with Crippen LogP contribution in [-0.4, -0.2) is 30.6 Å². The average Bonchev–Trinajstić information content (AvgIpc) is 0.769. The van der Waals surface area contributed by atoms with Gasteiger partial charge in [-0.25, -0.2) is 9.97 Å². The molecule has 6 nitrogen and oxygen atoms in total. The quantitative estimate of drug-likeness (QED) is 0.108. The molecule has 122 heavy (non-hydrogen) atoms. The number of hydrogen-bond donors (Lipinski definition) is 0. The van der Waals surface area contributed by atoms with Crippen LogP contribution in [0.2, 0.25) is 0 Å². The van der Waals surface area contributed by atoms with Gasteiger partial charge in [0.2, 0.25) is 0 Å².